The molecule has 1 aliphatic carbocycles. The van der Waals surface area contributed by atoms with Crippen molar-refractivity contribution in [3.63, 3.8) is 0 Å². The van der Waals surface area contributed by atoms with E-state index in [0.717, 1.165) is 11.1 Å². The third kappa shape index (κ3) is 2.27. The van der Waals surface area contributed by atoms with Crippen molar-refractivity contribution in [2.24, 2.45) is 11.7 Å². The Kier molecular flexibility index (Phi) is 2.73. The zero-order chi connectivity index (χ0) is 11.7. The smallest absolute Gasteiger partial charge is 0.127 e. The van der Waals surface area contributed by atoms with Crippen LogP contribution in [0.5, 0.6) is 5.75 Å². The van der Waals surface area contributed by atoms with E-state index in [2.05, 4.69) is 18.2 Å². The molecule has 2 heteroatoms. The average molecular weight is 227 g/mol. The molecule has 2 N–H and O–H groups in total. The zero-order valence-electron chi connectivity index (χ0n) is 9.80. The monoisotopic (exact) mass is 227 g/mol. The lowest BCUT2D eigenvalue weighted by atomic mass is 10.1. The van der Waals surface area contributed by atoms with Gasteiger partial charge < -0.3 is 10.5 Å². The number of nitrogens with two attached hydrogens (primary N) is 1. The average Bonchev–Trinajstić information content (AvgIpc) is 3.20. The predicted octanol–water partition coefficient (Wildman–Crippen LogP) is 2.96. The highest BCUT2D eigenvalue weighted by atomic mass is 16.5. The van der Waals surface area contributed by atoms with Crippen LogP contribution in [0.4, 0.5) is 0 Å². The molecule has 1 saturated carbocycles. The van der Waals surface area contributed by atoms with Gasteiger partial charge in [0.1, 0.15) is 12.4 Å². The van der Waals surface area contributed by atoms with Crippen LogP contribution in [0.2, 0.25) is 0 Å². The summed E-state index contributed by atoms with van der Waals surface area (Å²) in [5, 5.41) is 2.38. The van der Waals surface area contributed by atoms with Crippen molar-refractivity contribution in [1.82, 2.24) is 0 Å². The van der Waals surface area contributed by atoms with Gasteiger partial charge in [-0.3, -0.25) is 0 Å². The second kappa shape index (κ2) is 4.38. The SMILES string of the molecule is NC(COc1cccc2ccccc12)C1CC1. The van der Waals surface area contributed by atoms with E-state index >= 15 is 0 Å². The topological polar surface area (TPSA) is 35.2 Å². The fourth-order valence-electron chi connectivity index (χ4n) is 2.17. The van der Waals surface area contributed by atoms with Crippen molar-refractivity contribution in [3.05, 3.63) is 42.5 Å². The molecule has 2 nitrogen and oxygen atoms in total. The molecule has 1 atom stereocenters. The van der Waals surface area contributed by atoms with Gasteiger partial charge >= 0.3 is 0 Å². The van der Waals surface area contributed by atoms with E-state index in [9.17, 15) is 0 Å². The highest BCUT2D eigenvalue weighted by Crippen LogP contribution is 2.32. The minimum atomic E-state index is 0.189. The van der Waals surface area contributed by atoms with Crippen LogP contribution in [-0.4, -0.2) is 12.6 Å². The van der Waals surface area contributed by atoms with E-state index in [1.54, 1.807) is 0 Å². The maximum absolute atomic E-state index is 6.05. The van der Waals surface area contributed by atoms with Crippen molar-refractivity contribution in [2.75, 3.05) is 6.61 Å². The first-order chi connectivity index (χ1) is 8.34. The quantitative estimate of drug-likeness (QED) is 0.871. The van der Waals surface area contributed by atoms with Gasteiger partial charge in [-0.25, -0.2) is 0 Å². The molecule has 0 radical (unpaired) electrons. The van der Waals surface area contributed by atoms with Crippen LogP contribution in [0.25, 0.3) is 10.8 Å². The fourth-order valence-corrected chi connectivity index (χ4v) is 2.17. The zero-order valence-corrected chi connectivity index (χ0v) is 9.80. The predicted molar refractivity (Wildman–Crippen MR) is 70.1 cm³/mol. The summed E-state index contributed by atoms with van der Waals surface area (Å²) in [7, 11) is 0. The van der Waals surface area contributed by atoms with Crippen LogP contribution in [0.1, 0.15) is 12.8 Å². The van der Waals surface area contributed by atoms with E-state index in [-0.39, 0.29) is 6.04 Å². The normalized spacial score (nSPS) is 17.0. The molecular weight excluding hydrogens is 210 g/mol. The van der Waals surface area contributed by atoms with Gasteiger partial charge in [0.2, 0.25) is 0 Å². The Morgan fingerprint density at radius 1 is 1.12 bits per heavy atom. The molecule has 0 heterocycles. The standard InChI is InChI=1S/C15H17NO/c16-14(12-8-9-12)10-17-15-7-3-5-11-4-1-2-6-13(11)15/h1-7,12,14H,8-10,16H2. The van der Waals surface area contributed by atoms with Gasteiger partial charge in [0.15, 0.2) is 0 Å². The lowest BCUT2D eigenvalue weighted by Gasteiger charge is -2.13. The number of benzene rings is 2. The van der Waals surface area contributed by atoms with E-state index in [1.807, 2.05) is 24.3 Å². The Bertz CT molecular complexity index is 514. The van der Waals surface area contributed by atoms with Gasteiger partial charge in [-0.2, -0.15) is 0 Å². The molecule has 2 aromatic carbocycles. The van der Waals surface area contributed by atoms with Crippen LogP contribution in [-0.2, 0) is 0 Å². The van der Waals surface area contributed by atoms with Gasteiger partial charge in [-0.1, -0.05) is 36.4 Å². The summed E-state index contributed by atoms with van der Waals surface area (Å²) in [6.07, 6.45) is 2.53. The lowest BCUT2D eigenvalue weighted by Crippen LogP contribution is -2.29. The summed E-state index contributed by atoms with van der Waals surface area (Å²) >= 11 is 0. The first-order valence-corrected chi connectivity index (χ1v) is 6.21. The molecule has 1 fully saturated rings. The summed E-state index contributed by atoms with van der Waals surface area (Å²) in [5.41, 5.74) is 6.05. The summed E-state index contributed by atoms with van der Waals surface area (Å²) < 4.78 is 5.86. The largest absolute Gasteiger partial charge is 0.491 e. The maximum atomic E-state index is 6.05. The summed E-state index contributed by atoms with van der Waals surface area (Å²) in [6, 6.07) is 14.6. The second-order valence-electron chi connectivity index (χ2n) is 4.79. The van der Waals surface area contributed by atoms with Crippen molar-refractivity contribution in [3.8, 4) is 5.75 Å². The molecule has 0 bridgehead atoms. The number of fused-ring (bicyclic) bond motifs is 1. The van der Waals surface area contributed by atoms with E-state index < -0.39 is 0 Å². The molecule has 0 amide bonds. The number of hydrogen-bond donors (Lipinski definition) is 1. The molecular formula is C15H17NO. The first-order valence-electron chi connectivity index (χ1n) is 6.21. The third-order valence-corrected chi connectivity index (χ3v) is 3.41. The molecule has 0 aliphatic heterocycles. The van der Waals surface area contributed by atoms with Crippen molar-refractivity contribution >= 4 is 10.8 Å². The molecule has 88 valence electrons. The van der Waals surface area contributed by atoms with Crippen molar-refractivity contribution < 1.29 is 4.74 Å². The molecule has 1 unspecified atom stereocenters. The Hall–Kier alpha value is -1.54. The van der Waals surface area contributed by atoms with Crippen molar-refractivity contribution in [2.45, 2.75) is 18.9 Å². The van der Waals surface area contributed by atoms with Gasteiger partial charge in [-0.15, -0.1) is 0 Å². The minimum absolute atomic E-state index is 0.189. The lowest BCUT2D eigenvalue weighted by molar-refractivity contribution is 0.279. The van der Waals surface area contributed by atoms with Crippen molar-refractivity contribution in [1.29, 1.82) is 0 Å². The molecule has 17 heavy (non-hydrogen) atoms. The number of ether oxygens (including phenoxy) is 1. The Morgan fingerprint density at radius 3 is 2.71 bits per heavy atom. The molecule has 0 saturated heterocycles. The molecule has 0 aromatic heterocycles. The van der Waals surface area contributed by atoms with Crippen LogP contribution >= 0.6 is 0 Å². The highest BCUT2D eigenvalue weighted by Gasteiger charge is 2.28. The fraction of sp³-hybridized carbons (Fsp3) is 0.333. The van der Waals surface area contributed by atoms with Gasteiger partial charge in [0.05, 0.1) is 0 Å². The maximum Gasteiger partial charge on any atom is 0.127 e. The van der Waals surface area contributed by atoms with Crippen LogP contribution in [0, 0.1) is 5.92 Å². The molecule has 1 aliphatic rings. The van der Waals surface area contributed by atoms with Crippen LogP contribution in [0.3, 0.4) is 0 Å². The minimum Gasteiger partial charge on any atom is -0.491 e. The van der Waals surface area contributed by atoms with Crippen LogP contribution < -0.4 is 10.5 Å². The van der Waals surface area contributed by atoms with E-state index in [1.165, 1.54) is 18.2 Å². The summed E-state index contributed by atoms with van der Waals surface area (Å²) in [4.78, 5) is 0. The third-order valence-electron chi connectivity index (χ3n) is 3.41. The van der Waals surface area contributed by atoms with Gasteiger partial charge in [0, 0.05) is 11.4 Å². The van der Waals surface area contributed by atoms with Crippen LogP contribution in [0.15, 0.2) is 42.5 Å². The van der Waals surface area contributed by atoms with E-state index in [0.29, 0.717) is 12.5 Å². The molecule has 0 spiro atoms. The molecule has 2 aromatic rings. The first kappa shape index (κ1) is 10.6. The number of rotatable bonds is 4. The van der Waals surface area contributed by atoms with Gasteiger partial charge in [0.25, 0.3) is 0 Å². The highest BCUT2D eigenvalue weighted by molar-refractivity contribution is 5.88. The second-order valence-corrected chi connectivity index (χ2v) is 4.79. The van der Waals surface area contributed by atoms with E-state index in [4.69, 9.17) is 10.5 Å². The Labute approximate surface area is 101 Å². The Balaban J connectivity index is 1.79. The number of hydrogen-bond acceptors (Lipinski definition) is 2. The summed E-state index contributed by atoms with van der Waals surface area (Å²) in [6.45, 7) is 0.624. The summed E-state index contributed by atoms with van der Waals surface area (Å²) in [5.74, 6) is 1.63. The Morgan fingerprint density at radius 2 is 1.88 bits per heavy atom. The van der Waals surface area contributed by atoms with Gasteiger partial charge in [-0.05, 0) is 30.2 Å². The molecule has 3 rings (SSSR count).